The highest BCUT2D eigenvalue weighted by molar-refractivity contribution is 5.92. The first-order valence-corrected chi connectivity index (χ1v) is 13.5. The van der Waals surface area contributed by atoms with Crippen molar-refractivity contribution in [3.05, 3.63) is 12.7 Å². The number of rotatable bonds is 4. The summed E-state index contributed by atoms with van der Waals surface area (Å²) in [7, 11) is 0. The molecule has 3 N–H and O–H groups in total. The SMILES string of the molecule is C=C[C@@]1(C)CC(=O)[C@]2(O)[C@@]3(C)[C@@H](O)CCC(C)(C)[C@@H]3[C@H](OC(=O)C(C)N3CCCCC3)[C@H](O)[C@@]2(C)O1. The van der Waals surface area contributed by atoms with Crippen LogP contribution in [0.2, 0.25) is 0 Å². The zero-order chi connectivity index (χ0) is 26.9. The molecule has 0 aromatic carbocycles. The summed E-state index contributed by atoms with van der Waals surface area (Å²) in [6.45, 7) is 16.1. The molecule has 4 aliphatic rings. The van der Waals surface area contributed by atoms with Crippen LogP contribution in [0.15, 0.2) is 12.7 Å². The van der Waals surface area contributed by atoms with Crippen LogP contribution in [0, 0.1) is 16.7 Å². The average molecular weight is 508 g/mol. The van der Waals surface area contributed by atoms with E-state index in [1.165, 1.54) is 13.0 Å². The monoisotopic (exact) mass is 507 g/mol. The van der Waals surface area contributed by atoms with Gasteiger partial charge in [-0.05, 0) is 65.0 Å². The van der Waals surface area contributed by atoms with E-state index in [4.69, 9.17) is 9.47 Å². The van der Waals surface area contributed by atoms with Gasteiger partial charge in [-0.25, -0.2) is 0 Å². The third-order valence-corrected chi connectivity index (χ3v) is 10.3. The molecule has 0 spiro atoms. The van der Waals surface area contributed by atoms with Gasteiger partial charge < -0.3 is 24.8 Å². The van der Waals surface area contributed by atoms with Crippen molar-refractivity contribution in [2.24, 2.45) is 16.7 Å². The van der Waals surface area contributed by atoms with Crippen LogP contribution in [0.1, 0.15) is 80.1 Å². The van der Waals surface area contributed by atoms with Gasteiger partial charge in [-0.1, -0.05) is 33.3 Å². The van der Waals surface area contributed by atoms with Gasteiger partial charge in [0.15, 0.2) is 11.4 Å². The van der Waals surface area contributed by atoms with Crippen molar-refractivity contribution in [1.82, 2.24) is 4.90 Å². The second kappa shape index (κ2) is 8.87. The number of likely N-dealkylation sites (tertiary alicyclic amines) is 1. The number of Topliss-reactive ketones (excluding diaryl/α,β-unsaturated/α-hetero) is 1. The molecule has 9 atom stereocenters. The normalized spacial score (nSPS) is 47.9. The van der Waals surface area contributed by atoms with Crippen LogP contribution in [0.4, 0.5) is 0 Å². The van der Waals surface area contributed by atoms with E-state index in [2.05, 4.69) is 11.5 Å². The van der Waals surface area contributed by atoms with Crippen LogP contribution in [0.5, 0.6) is 0 Å². The lowest BCUT2D eigenvalue weighted by Crippen LogP contribution is -2.86. The molecule has 4 fully saturated rings. The molecule has 2 aliphatic carbocycles. The zero-order valence-electron chi connectivity index (χ0n) is 22.7. The summed E-state index contributed by atoms with van der Waals surface area (Å²) < 4.78 is 12.5. The zero-order valence-corrected chi connectivity index (χ0v) is 22.7. The Morgan fingerprint density at radius 2 is 1.78 bits per heavy atom. The highest BCUT2D eigenvalue weighted by Gasteiger charge is 2.81. The molecule has 1 unspecified atom stereocenters. The number of fused-ring (bicyclic) bond motifs is 3. The molecule has 8 heteroatoms. The topological polar surface area (TPSA) is 117 Å². The molecule has 0 aromatic heterocycles. The largest absolute Gasteiger partial charge is 0.458 e. The van der Waals surface area contributed by atoms with Crippen LogP contribution in [0.3, 0.4) is 0 Å². The van der Waals surface area contributed by atoms with Crippen molar-refractivity contribution in [1.29, 1.82) is 0 Å². The average Bonchev–Trinajstić information content (AvgIpc) is 2.83. The number of ether oxygens (including phenoxy) is 2. The number of piperidine rings is 1. The first kappa shape index (κ1) is 27.7. The van der Waals surface area contributed by atoms with Gasteiger partial charge in [-0.3, -0.25) is 14.5 Å². The van der Waals surface area contributed by atoms with Crippen LogP contribution in [0.25, 0.3) is 0 Å². The van der Waals surface area contributed by atoms with Gasteiger partial charge in [0.1, 0.15) is 23.9 Å². The fourth-order valence-electron chi connectivity index (χ4n) is 8.09. The Morgan fingerprint density at radius 3 is 2.36 bits per heavy atom. The Morgan fingerprint density at radius 1 is 1.17 bits per heavy atom. The van der Waals surface area contributed by atoms with Gasteiger partial charge in [0.2, 0.25) is 0 Å². The molecule has 0 radical (unpaired) electrons. The van der Waals surface area contributed by atoms with Crippen molar-refractivity contribution in [3.63, 3.8) is 0 Å². The van der Waals surface area contributed by atoms with Crippen LogP contribution >= 0.6 is 0 Å². The predicted octanol–water partition coefficient (Wildman–Crippen LogP) is 2.37. The molecule has 2 saturated heterocycles. The van der Waals surface area contributed by atoms with Gasteiger partial charge >= 0.3 is 5.97 Å². The molecule has 0 bridgehead atoms. The third-order valence-electron chi connectivity index (χ3n) is 10.3. The minimum Gasteiger partial charge on any atom is -0.458 e. The van der Waals surface area contributed by atoms with Gasteiger partial charge in [-0.2, -0.15) is 0 Å². The summed E-state index contributed by atoms with van der Waals surface area (Å²) in [5, 5.41) is 35.7. The lowest BCUT2D eigenvalue weighted by atomic mass is 9.40. The molecule has 36 heavy (non-hydrogen) atoms. The minimum absolute atomic E-state index is 0.138. The number of ketones is 1. The Hall–Kier alpha value is -1.32. The van der Waals surface area contributed by atoms with E-state index in [9.17, 15) is 24.9 Å². The Kier molecular flexibility index (Phi) is 6.83. The highest BCUT2D eigenvalue weighted by Crippen LogP contribution is 2.67. The summed E-state index contributed by atoms with van der Waals surface area (Å²) in [4.78, 5) is 29.4. The molecular formula is C28H45NO7. The summed E-state index contributed by atoms with van der Waals surface area (Å²) in [5.41, 5.74) is -7.16. The van der Waals surface area contributed by atoms with Gasteiger partial charge in [-0.15, -0.1) is 6.58 Å². The van der Waals surface area contributed by atoms with Crippen LogP contribution in [-0.4, -0.2) is 86.2 Å². The lowest BCUT2D eigenvalue weighted by Gasteiger charge is -2.71. The Balaban J connectivity index is 1.82. The fourth-order valence-corrected chi connectivity index (χ4v) is 8.09. The third kappa shape index (κ3) is 3.66. The van der Waals surface area contributed by atoms with Gasteiger partial charge in [0.05, 0.1) is 11.7 Å². The number of nitrogens with zero attached hydrogens (tertiary/aromatic N) is 1. The Labute approximate surface area is 215 Å². The number of esters is 1. The number of hydrogen-bond acceptors (Lipinski definition) is 8. The lowest BCUT2D eigenvalue weighted by molar-refractivity contribution is -0.370. The van der Waals surface area contributed by atoms with E-state index in [0.29, 0.717) is 12.8 Å². The van der Waals surface area contributed by atoms with E-state index in [0.717, 1.165) is 32.4 Å². The fraction of sp³-hybridized carbons (Fsp3) is 0.857. The molecule has 2 heterocycles. The van der Waals surface area contributed by atoms with Gasteiger partial charge in [0, 0.05) is 17.8 Å². The first-order valence-electron chi connectivity index (χ1n) is 13.5. The predicted molar refractivity (Wildman–Crippen MR) is 134 cm³/mol. The van der Waals surface area contributed by atoms with Crippen molar-refractivity contribution < 1.29 is 34.4 Å². The molecular weight excluding hydrogens is 462 g/mol. The van der Waals surface area contributed by atoms with Crippen molar-refractivity contribution >= 4 is 11.8 Å². The highest BCUT2D eigenvalue weighted by atomic mass is 16.6. The van der Waals surface area contributed by atoms with Crippen LogP contribution < -0.4 is 0 Å². The Bertz CT molecular complexity index is 916. The number of carbonyl (C=O) groups excluding carboxylic acids is 2. The summed E-state index contributed by atoms with van der Waals surface area (Å²) in [5.74, 6) is -1.66. The maximum Gasteiger partial charge on any atom is 0.323 e. The molecule has 8 nitrogen and oxygen atoms in total. The second-order valence-corrected chi connectivity index (χ2v) is 13.0. The molecule has 204 valence electrons. The maximum atomic E-state index is 13.8. The van der Waals surface area contributed by atoms with E-state index in [1.807, 2.05) is 20.8 Å². The molecule has 2 saturated carbocycles. The van der Waals surface area contributed by atoms with E-state index in [-0.39, 0.29) is 6.42 Å². The molecule has 0 amide bonds. The van der Waals surface area contributed by atoms with E-state index in [1.54, 1.807) is 13.8 Å². The van der Waals surface area contributed by atoms with Crippen molar-refractivity contribution in [3.8, 4) is 0 Å². The van der Waals surface area contributed by atoms with E-state index < -0.39 is 69.7 Å². The van der Waals surface area contributed by atoms with Crippen LogP contribution in [-0.2, 0) is 19.1 Å². The number of aliphatic hydroxyl groups is 3. The maximum absolute atomic E-state index is 13.8. The number of aliphatic hydroxyl groups excluding tert-OH is 2. The summed E-state index contributed by atoms with van der Waals surface area (Å²) >= 11 is 0. The minimum atomic E-state index is -2.20. The smallest absolute Gasteiger partial charge is 0.323 e. The molecule has 4 rings (SSSR count). The second-order valence-electron chi connectivity index (χ2n) is 13.0. The van der Waals surface area contributed by atoms with E-state index >= 15 is 0 Å². The molecule has 0 aromatic rings. The van der Waals surface area contributed by atoms with Crippen molar-refractivity contribution in [2.75, 3.05) is 13.1 Å². The molecule has 2 aliphatic heterocycles. The number of carbonyl (C=O) groups is 2. The van der Waals surface area contributed by atoms with Gasteiger partial charge in [0.25, 0.3) is 0 Å². The first-order chi connectivity index (χ1) is 16.6. The standard InChI is InChI=1S/C28H45NO7/c1-8-25(5)16-19(31)28(34)26(6)18(30)12-13-24(3,4)21(26)20(22(32)27(28,7)36-25)35-23(33)17(2)29-14-10-9-11-15-29/h8,17-18,20-22,30,32,34H,1,9-16H2,2-7H3/t17?,18-,20-,21-,22-,25-,26-,27+,28-/m0/s1. The van der Waals surface area contributed by atoms with Crippen molar-refractivity contribution in [2.45, 2.75) is 121 Å². The summed E-state index contributed by atoms with van der Waals surface area (Å²) in [6, 6.07) is -0.499. The summed E-state index contributed by atoms with van der Waals surface area (Å²) in [6.07, 6.45) is 1.82. The number of hydrogen-bond donors (Lipinski definition) is 3. The quantitative estimate of drug-likeness (QED) is 0.392.